The molecule has 0 saturated heterocycles. The topological polar surface area (TPSA) is 61.8 Å². The van der Waals surface area contributed by atoms with Crippen molar-refractivity contribution in [1.29, 1.82) is 0 Å². The van der Waals surface area contributed by atoms with Gasteiger partial charge in [0.1, 0.15) is 6.61 Å². The summed E-state index contributed by atoms with van der Waals surface area (Å²) in [6.45, 7) is 7.66. The number of ether oxygens (including phenoxy) is 3. The Bertz CT molecular complexity index is 966. The highest BCUT2D eigenvalue weighted by molar-refractivity contribution is 5.70. The van der Waals surface area contributed by atoms with Gasteiger partial charge in [-0.1, -0.05) is 230 Å². The molecule has 1 atom stereocenters. The van der Waals surface area contributed by atoms with Crippen LogP contribution in [0.2, 0.25) is 0 Å². The van der Waals surface area contributed by atoms with Crippen molar-refractivity contribution in [3.8, 4) is 0 Å². The molecule has 5 nitrogen and oxygen atoms in total. The lowest BCUT2D eigenvalue weighted by molar-refractivity contribution is -0.163. The summed E-state index contributed by atoms with van der Waals surface area (Å²) in [5.74, 6) is -0.417. The van der Waals surface area contributed by atoms with E-state index in [1.807, 2.05) is 0 Å². The molecule has 0 rings (SSSR count). The van der Waals surface area contributed by atoms with Gasteiger partial charge in [-0.2, -0.15) is 0 Å². The lowest BCUT2D eigenvalue weighted by Crippen LogP contribution is -2.30. The van der Waals surface area contributed by atoms with Gasteiger partial charge in [0, 0.05) is 19.4 Å². The van der Waals surface area contributed by atoms with Crippen LogP contribution in [-0.2, 0) is 23.8 Å². The average molecular weight is 813 g/mol. The summed E-state index contributed by atoms with van der Waals surface area (Å²) < 4.78 is 17.3. The fraction of sp³-hybridized carbons (Fsp3) is 0.811. The zero-order valence-electron chi connectivity index (χ0n) is 38.8. The summed E-state index contributed by atoms with van der Waals surface area (Å²) in [7, 11) is 0. The molecule has 0 spiro atoms. The number of carbonyl (C=O) groups is 2. The van der Waals surface area contributed by atoms with Gasteiger partial charge in [0.25, 0.3) is 0 Å². The summed E-state index contributed by atoms with van der Waals surface area (Å²) in [5.41, 5.74) is 0. The van der Waals surface area contributed by atoms with Crippen LogP contribution < -0.4 is 0 Å². The molecule has 0 aliphatic heterocycles. The van der Waals surface area contributed by atoms with E-state index in [2.05, 4.69) is 69.4 Å². The van der Waals surface area contributed by atoms with Gasteiger partial charge in [0.05, 0.1) is 6.61 Å². The molecule has 0 amide bonds. The third-order valence-electron chi connectivity index (χ3n) is 10.9. The van der Waals surface area contributed by atoms with Gasteiger partial charge in [-0.25, -0.2) is 0 Å². The van der Waals surface area contributed by atoms with Gasteiger partial charge in [-0.3, -0.25) is 9.59 Å². The predicted octanol–water partition coefficient (Wildman–Crippen LogP) is 16.8. The molecule has 0 fully saturated rings. The van der Waals surface area contributed by atoms with Crippen molar-refractivity contribution in [2.75, 3.05) is 19.8 Å². The minimum atomic E-state index is -0.534. The van der Waals surface area contributed by atoms with E-state index in [0.29, 0.717) is 19.4 Å². The number of hydrogen-bond acceptors (Lipinski definition) is 5. The number of unbranched alkanes of at least 4 members (excludes halogenated alkanes) is 27. The quantitative estimate of drug-likeness (QED) is 0.0348. The molecule has 0 aliphatic carbocycles. The standard InChI is InChI=1S/C53H96O5/c1-4-7-10-13-15-17-19-21-23-25-27-28-30-32-34-36-38-41-43-46-52(54)57-50-51(58-53(55)47-44-40-12-9-6-3)49-56-48-45-42-39-37-35-33-31-29-26-24-22-20-18-16-14-11-8-5-2/h7,10,15,17,21,23,27-28,51H,4-6,8-9,11-14,16,18-20,22,24-26,29-50H2,1-3H3/b10-7-,17-15-,23-21-,28-27-. The fourth-order valence-electron chi connectivity index (χ4n) is 7.15. The maximum atomic E-state index is 12.6. The Morgan fingerprint density at radius 3 is 1.24 bits per heavy atom. The first-order valence-corrected chi connectivity index (χ1v) is 25.2. The van der Waals surface area contributed by atoms with Gasteiger partial charge in [0.15, 0.2) is 6.10 Å². The Balaban J connectivity index is 4.01. The zero-order chi connectivity index (χ0) is 42.1. The van der Waals surface area contributed by atoms with E-state index in [9.17, 15) is 9.59 Å². The smallest absolute Gasteiger partial charge is 0.306 e. The van der Waals surface area contributed by atoms with Gasteiger partial charge in [0.2, 0.25) is 0 Å². The van der Waals surface area contributed by atoms with Crippen molar-refractivity contribution in [3.05, 3.63) is 48.6 Å². The molecule has 5 heteroatoms. The van der Waals surface area contributed by atoms with Gasteiger partial charge in [-0.05, 0) is 57.8 Å². The Labute approximate surface area is 361 Å². The van der Waals surface area contributed by atoms with Crippen LogP contribution in [0.5, 0.6) is 0 Å². The number of hydrogen-bond donors (Lipinski definition) is 0. The van der Waals surface area contributed by atoms with Crippen molar-refractivity contribution in [3.63, 3.8) is 0 Å². The summed E-state index contributed by atoms with van der Waals surface area (Å²) in [6, 6.07) is 0. The van der Waals surface area contributed by atoms with Crippen LogP contribution in [-0.4, -0.2) is 37.9 Å². The lowest BCUT2D eigenvalue weighted by Gasteiger charge is -2.18. The van der Waals surface area contributed by atoms with Crippen LogP contribution >= 0.6 is 0 Å². The third kappa shape index (κ3) is 46.5. The van der Waals surface area contributed by atoms with Crippen LogP contribution in [0.3, 0.4) is 0 Å². The summed E-state index contributed by atoms with van der Waals surface area (Å²) in [6.07, 6.45) is 60.1. The highest BCUT2D eigenvalue weighted by Crippen LogP contribution is 2.15. The minimum Gasteiger partial charge on any atom is -0.462 e. The second-order valence-corrected chi connectivity index (χ2v) is 16.7. The van der Waals surface area contributed by atoms with Crippen molar-refractivity contribution in [2.45, 2.75) is 258 Å². The molecule has 0 N–H and O–H groups in total. The SMILES string of the molecule is CC/C=C\C/C=C\C/C=C\C/C=C\CCCCCCCCC(=O)OCC(COCCCCCCCCCCCCCCCCCCCC)OC(=O)CCCCCCC. The maximum Gasteiger partial charge on any atom is 0.306 e. The fourth-order valence-corrected chi connectivity index (χ4v) is 7.15. The van der Waals surface area contributed by atoms with Crippen LogP contribution in [0.15, 0.2) is 48.6 Å². The zero-order valence-corrected chi connectivity index (χ0v) is 38.8. The Hall–Kier alpha value is -2.14. The molecule has 338 valence electrons. The molecule has 0 aromatic rings. The molecule has 0 aromatic carbocycles. The normalized spacial score (nSPS) is 12.5. The Kier molecular flexibility index (Phi) is 47.4. The van der Waals surface area contributed by atoms with Crippen molar-refractivity contribution in [2.24, 2.45) is 0 Å². The molecule has 0 bridgehead atoms. The number of rotatable bonds is 46. The molecule has 0 aliphatic rings. The second kappa shape index (κ2) is 49.2. The van der Waals surface area contributed by atoms with Crippen LogP contribution in [0.4, 0.5) is 0 Å². The van der Waals surface area contributed by atoms with Crippen molar-refractivity contribution < 1.29 is 23.8 Å². The van der Waals surface area contributed by atoms with Gasteiger partial charge in [-0.15, -0.1) is 0 Å². The Morgan fingerprint density at radius 2 is 0.776 bits per heavy atom. The van der Waals surface area contributed by atoms with Gasteiger partial charge >= 0.3 is 11.9 Å². The summed E-state index contributed by atoms with van der Waals surface area (Å²) >= 11 is 0. The van der Waals surface area contributed by atoms with Crippen LogP contribution in [0, 0.1) is 0 Å². The molecule has 0 heterocycles. The first-order chi connectivity index (χ1) is 28.6. The first kappa shape index (κ1) is 55.9. The molecular formula is C53H96O5. The highest BCUT2D eigenvalue weighted by Gasteiger charge is 2.17. The van der Waals surface area contributed by atoms with Crippen molar-refractivity contribution in [1.82, 2.24) is 0 Å². The van der Waals surface area contributed by atoms with Crippen LogP contribution in [0.1, 0.15) is 252 Å². The van der Waals surface area contributed by atoms with E-state index >= 15 is 0 Å². The second-order valence-electron chi connectivity index (χ2n) is 16.7. The van der Waals surface area contributed by atoms with E-state index in [0.717, 1.165) is 77.0 Å². The average Bonchev–Trinajstić information content (AvgIpc) is 3.22. The monoisotopic (exact) mass is 813 g/mol. The maximum absolute atomic E-state index is 12.6. The van der Waals surface area contributed by atoms with E-state index < -0.39 is 6.10 Å². The summed E-state index contributed by atoms with van der Waals surface area (Å²) in [4.78, 5) is 25.1. The minimum absolute atomic E-state index is 0.0802. The largest absolute Gasteiger partial charge is 0.462 e. The molecule has 0 saturated carbocycles. The van der Waals surface area contributed by atoms with E-state index in [-0.39, 0.29) is 25.2 Å². The predicted molar refractivity (Wildman–Crippen MR) is 251 cm³/mol. The molecule has 1 unspecified atom stereocenters. The molecule has 58 heavy (non-hydrogen) atoms. The number of allylic oxidation sites excluding steroid dienone is 8. The number of carbonyl (C=O) groups excluding carboxylic acids is 2. The summed E-state index contributed by atoms with van der Waals surface area (Å²) in [5, 5.41) is 0. The molecule has 0 radical (unpaired) electrons. The van der Waals surface area contributed by atoms with Crippen molar-refractivity contribution >= 4 is 11.9 Å². The molecule has 0 aromatic heterocycles. The highest BCUT2D eigenvalue weighted by atomic mass is 16.6. The van der Waals surface area contributed by atoms with E-state index in [1.54, 1.807) is 0 Å². The third-order valence-corrected chi connectivity index (χ3v) is 10.9. The number of esters is 2. The molecular weight excluding hydrogens is 717 g/mol. The van der Waals surface area contributed by atoms with E-state index in [4.69, 9.17) is 14.2 Å². The lowest BCUT2D eigenvalue weighted by atomic mass is 10.0. The van der Waals surface area contributed by atoms with E-state index in [1.165, 1.54) is 141 Å². The van der Waals surface area contributed by atoms with Crippen LogP contribution in [0.25, 0.3) is 0 Å². The van der Waals surface area contributed by atoms with Gasteiger partial charge < -0.3 is 14.2 Å². The Morgan fingerprint density at radius 1 is 0.397 bits per heavy atom. The first-order valence-electron chi connectivity index (χ1n) is 25.2.